The Balaban J connectivity index is 1.89. The number of carboxylic acids is 1. The quantitative estimate of drug-likeness (QED) is 0.415. The van der Waals surface area contributed by atoms with Crippen molar-refractivity contribution in [3.05, 3.63) is 51.0 Å². The monoisotopic (exact) mass is 469 g/mol. The fraction of sp³-hybridized carbons (Fsp3) is 0.250. The van der Waals surface area contributed by atoms with E-state index in [1.165, 1.54) is 4.90 Å². The number of rotatable bonds is 6. The smallest absolute Gasteiger partial charge is 0.326 e. The van der Waals surface area contributed by atoms with Crippen LogP contribution in [0, 0.1) is 5.92 Å². The van der Waals surface area contributed by atoms with E-state index >= 15 is 0 Å². The van der Waals surface area contributed by atoms with Crippen molar-refractivity contribution in [2.45, 2.75) is 26.3 Å². The molecule has 0 radical (unpaired) electrons. The molecular weight excluding hydrogens is 453 g/mol. The predicted molar refractivity (Wildman–Crippen MR) is 120 cm³/mol. The number of carbonyl (C=O) groups excluding carboxylic acids is 1. The zero-order valence-corrected chi connectivity index (χ0v) is 18.7. The summed E-state index contributed by atoms with van der Waals surface area (Å²) in [6.07, 6.45) is 1.85. The topological polar surface area (TPSA) is 70.8 Å². The third kappa shape index (κ3) is 4.69. The second-order valence-electron chi connectivity index (χ2n) is 6.83. The fourth-order valence-electron chi connectivity index (χ4n) is 2.94. The Hall–Kier alpha value is -1.80. The molecular formula is C20H17Cl2NO4S2. The summed E-state index contributed by atoms with van der Waals surface area (Å²) >= 11 is 18.8. The van der Waals surface area contributed by atoms with Crippen LogP contribution in [0.1, 0.15) is 26.0 Å². The first-order valence-corrected chi connectivity index (χ1v) is 10.7. The number of halogens is 2. The molecule has 0 bridgehead atoms. The summed E-state index contributed by atoms with van der Waals surface area (Å²) in [6.45, 7) is 3.79. The van der Waals surface area contributed by atoms with E-state index in [1.54, 1.807) is 36.4 Å². The highest BCUT2D eigenvalue weighted by atomic mass is 35.5. The van der Waals surface area contributed by atoms with Gasteiger partial charge in [0.15, 0.2) is 0 Å². The van der Waals surface area contributed by atoms with E-state index in [9.17, 15) is 14.7 Å². The zero-order chi connectivity index (χ0) is 21.3. The highest BCUT2D eigenvalue weighted by Gasteiger charge is 2.40. The average Bonchev–Trinajstić information content (AvgIpc) is 3.18. The van der Waals surface area contributed by atoms with Crippen LogP contribution in [0.25, 0.3) is 17.4 Å². The van der Waals surface area contributed by atoms with Crippen molar-refractivity contribution < 1.29 is 19.1 Å². The molecule has 0 saturated carbocycles. The molecule has 1 atom stereocenters. The summed E-state index contributed by atoms with van der Waals surface area (Å²) in [6, 6.07) is 7.54. The molecule has 1 aliphatic heterocycles. The van der Waals surface area contributed by atoms with E-state index in [0.717, 1.165) is 11.8 Å². The van der Waals surface area contributed by atoms with Gasteiger partial charge in [-0.2, -0.15) is 0 Å². The summed E-state index contributed by atoms with van der Waals surface area (Å²) < 4.78 is 6.01. The van der Waals surface area contributed by atoms with E-state index in [1.807, 2.05) is 13.8 Å². The molecule has 3 rings (SSSR count). The second-order valence-corrected chi connectivity index (χ2v) is 9.32. The van der Waals surface area contributed by atoms with Gasteiger partial charge in [-0.1, -0.05) is 67.1 Å². The lowest BCUT2D eigenvalue weighted by atomic mass is 10.0. The van der Waals surface area contributed by atoms with Crippen LogP contribution in [-0.2, 0) is 9.59 Å². The highest BCUT2D eigenvalue weighted by Crippen LogP contribution is 2.38. The molecule has 0 spiro atoms. The number of carbonyl (C=O) groups is 2. The van der Waals surface area contributed by atoms with E-state index in [4.69, 9.17) is 39.8 Å². The Morgan fingerprint density at radius 1 is 1.28 bits per heavy atom. The van der Waals surface area contributed by atoms with Gasteiger partial charge < -0.3 is 9.52 Å². The summed E-state index contributed by atoms with van der Waals surface area (Å²) in [5.74, 6) is -0.554. The molecule has 9 heteroatoms. The average molecular weight is 470 g/mol. The van der Waals surface area contributed by atoms with Crippen LogP contribution in [0.2, 0.25) is 10.0 Å². The molecule has 1 fully saturated rings. The first-order chi connectivity index (χ1) is 13.7. The first-order valence-electron chi connectivity index (χ1n) is 8.73. The number of thioether (sulfide) groups is 1. The summed E-state index contributed by atoms with van der Waals surface area (Å²) in [5, 5.41) is 10.4. The number of carboxylic acid groups (broad SMARTS) is 1. The number of furan rings is 1. The maximum atomic E-state index is 12.8. The van der Waals surface area contributed by atoms with E-state index in [2.05, 4.69) is 0 Å². The number of thiocarbonyl (C=S) groups is 1. The van der Waals surface area contributed by atoms with Crippen molar-refractivity contribution in [2.24, 2.45) is 5.92 Å². The summed E-state index contributed by atoms with van der Waals surface area (Å²) in [7, 11) is 0. The number of hydrogen-bond donors (Lipinski definition) is 1. The van der Waals surface area contributed by atoms with Crippen LogP contribution in [0.5, 0.6) is 0 Å². The Kier molecular flexibility index (Phi) is 6.73. The molecule has 1 aliphatic rings. The van der Waals surface area contributed by atoms with Crippen molar-refractivity contribution >= 4 is 69.5 Å². The van der Waals surface area contributed by atoms with E-state index < -0.39 is 17.9 Å². The maximum absolute atomic E-state index is 12.8. The van der Waals surface area contributed by atoms with Gasteiger partial charge in [-0.25, -0.2) is 4.79 Å². The van der Waals surface area contributed by atoms with Crippen LogP contribution in [0.4, 0.5) is 0 Å². The van der Waals surface area contributed by atoms with Gasteiger partial charge in [-0.3, -0.25) is 9.69 Å². The molecule has 5 nitrogen and oxygen atoms in total. The lowest BCUT2D eigenvalue weighted by molar-refractivity contribution is -0.145. The van der Waals surface area contributed by atoms with Gasteiger partial charge >= 0.3 is 5.97 Å². The van der Waals surface area contributed by atoms with Gasteiger partial charge in [0, 0.05) is 6.08 Å². The van der Waals surface area contributed by atoms with E-state index in [-0.39, 0.29) is 10.2 Å². The third-order valence-electron chi connectivity index (χ3n) is 4.22. The molecule has 1 N–H and O–H groups in total. The van der Waals surface area contributed by atoms with Gasteiger partial charge in [-0.15, -0.1) is 0 Å². The van der Waals surface area contributed by atoms with Crippen LogP contribution < -0.4 is 0 Å². The minimum Gasteiger partial charge on any atom is -0.480 e. The molecule has 1 aromatic carbocycles. The Bertz CT molecular complexity index is 995. The number of aliphatic carboxylic acids is 1. The lowest BCUT2D eigenvalue weighted by Crippen LogP contribution is -2.44. The van der Waals surface area contributed by atoms with Crippen LogP contribution in [0.15, 0.2) is 39.7 Å². The van der Waals surface area contributed by atoms with Gasteiger partial charge in [0.1, 0.15) is 21.9 Å². The molecule has 0 unspecified atom stereocenters. The normalized spacial score (nSPS) is 16.9. The summed E-state index contributed by atoms with van der Waals surface area (Å²) in [5.41, 5.74) is 0.561. The summed E-state index contributed by atoms with van der Waals surface area (Å²) in [4.78, 5) is 26.0. The number of nitrogens with zero attached hydrogens (tertiary/aromatic N) is 1. The van der Waals surface area contributed by atoms with Crippen molar-refractivity contribution in [2.75, 3.05) is 0 Å². The zero-order valence-electron chi connectivity index (χ0n) is 15.5. The molecule has 1 amide bonds. The standard InChI is InChI=1S/C20H17Cl2NO4S2/c1-10(2)8-14(19(25)26)23-18(24)16(29-20(23)28)9-11-6-7-15(27-11)17-12(21)4-3-5-13(17)22/h3-7,9-10,14H,8H2,1-2H3,(H,25,26)/b16-9+/t14-/m1/s1. The number of benzene rings is 1. The SMILES string of the molecule is CC(C)C[C@H](C(=O)O)N1C(=O)/C(=C\c2ccc(-c3c(Cl)cccc3Cl)o2)SC1=S. The maximum Gasteiger partial charge on any atom is 0.326 e. The van der Waals surface area contributed by atoms with Gasteiger partial charge in [0.25, 0.3) is 5.91 Å². The van der Waals surface area contributed by atoms with Gasteiger partial charge in [0.2, 0.25) is 0 Å². The van der Waals surface area contributed by atoms with Crippen molar-refractivity contribution in [3.8, 4) is 11.3 Å². The Labute approximate surface area is 187 Å². The molecule has 2 heterocycles. The van der Waals surface area contributed by atoms with Crippen molar-refractivity contribution in [1.82, 2.24) is 4.90 Å². The van der Waals surface area contributed by atoms with E-state index in [0.29, 0.717) is 38.5 Å². The highest BCUT2D eigenvalue weighted by molar-refractivity contribution is 8.26. The predicted octanol–water partition coefficient (Wildman–Crippen LogP) is 5.95. The van der Waals surface area contributed by atoms with Gasteiger partial charge in [0.05, 0.1) is 20.5 Å². The number of amides is 1. The molecule has 1 saturated heterocycles. The largest absolute Gasteiger partial charge is 0.480 e. The third-order valence-corrected chi connectivity index (χ3v) is 6.18. The van der Waals surface area contributed by atoms with Crippen LogP contribution in [0.3, 0.4) is 0 Å². The number of hydrogen-bond acceptors (Lipinski definition) is 5. The van der Waals surface area contributed by atoms with Crippen molar-refractivity contribution in [1.29, 1.82) is 0 Å². The molecule has 0 aliphatic carbocycles. The molecule has 2 aromatic rings. The minimum absolute atomic E-state index is 0.0951. The molecule has 29 heavy (non-hydrogen) atoms. The lowest BCUT2D eigenvalue weighted by Gasteiger charge is -2.24. The fourth-order valence-corrected chi connectivity index (χ4v) is 4.86. The van der Waals surface area contributed by atoms with Crippen LogP contribution >= 0.6 is 47.2 Å². The molecule has 152 valence electrons. The van der Waals surface area contributed by atoms with Crippen molar-refractivity contribution in [3.63, 3.8) is 0 Å². The first kappa shape index (κ1) is 21.9. The van der Waals surface area contributed by atoms with Gasteiger partial charge in [-0.05, 0) is 36.6 Å². The second kappa shape index (κ2) is 8.92. The Morgan fingerprint density at radius 3 is 2.52 bits per heavy atom. The Morgan fingerprint density at radius 2 is 1.93 bits per heavy atom. The molecule has 1 aromatic heterocycles. The minimum atomic E-state index is -1.08. The van der Waals surface area contributed by atoms with Crippen LogP contribution in [-0.4, -0.2) is 32.2 Å².